The molecule has 0 radical (unpaired) electrons. The quantitative estimate of drug-likeness (QED) is 0.553. The molecule has 25 heavy (non-hydrogen) atoms. The van der Waals surface area contributed by atoms with Gasteiger partial charge in [0.05, 0.1) is 0 Å². The van der Waals surface area contributed by atoms with Crippen LogP contribution >= 0.6 is 15.9 Å². The highest BCUT2D eigenvalue weighted by Gasteiger charge is 2.14. The molecule has 0 unspecified atom stereocenters. The third kappa shape index (κ3) is 4.21. The van der Waals surface area contributed by atoms with Gasteiger partial charge in [0.1, 0.15) is 11.5 Å². The second-order valence-electron chi connectivity index (χ2n) is 6.16. The summed E-state index contributed by atoms with van der Waals surface area (Å²) in [7, 11) is 0. The molecule has 0 atom stereocenters. The molecular formula is C20H25BrN4. The molecule has 1 saturated carbocycles. The molecular weight excluding hydrogens is 376 g/mol. The molecule has 1 fully saturated rings. The summed E-state index contributed by atoms with van der Waals surface area (Å²) in [5.74, 6) is 0.972. The van der Waals surface area contributed by atoms with E-state index in [2.05, 4.69) is 54.4 Å². The molecule has 0 spiro atoms. The molecule has 0 aliphatic heterocycles. The minimum atomic E-state index is 0.579. The van der Waals surface area contributed by atoms with Crippen molar-refractivity contribution < 1.29 is 0 Å². The molecule has 3 aromatic heterocycles. The number of pyridine rings is 2. The molecule has 3 aromatic rings. The summed E-state index contributed by atoms with van der Waals surface area (Å²) in [6, 6.07) is 6.87. The van der Waals surface area contributed by atoms with Crippen LogP contribution in [-0.2, 0) is 0 Å². The Morgan fingerprint density at radius 1 is 1.08 bits per heavy atom. The fraction of sp³-hybridized carbons (Fsp3) is 0.400. The number of fused-ring (bicyclic) bond motifs is 1. The highest BCUT2D eigenvalue weighted by molar-refractivity contribution is 9.10. The first-order chi connectivity index (χ1) is 12.3. The second kappa shape index (κ2) is 8.48. The van der Waals surface area contributed by atoms with Crippen LogP contribution in [0.2, 0.25) is 0 Å². The summed E-state index contributed by atoms with van der Waals surface area (Å²) >= 11 is 3.49. The predicted molar refractivity (Wildman–Crippen MR) is 109 cm³/mol. The van der Waals surface area contributed by atoms with Crippen molar-refractivity contribution in [3.05, 3.63) is 41.3 Å². The van der Waals surface area contributed by atoms with Crippen LogP contribution in [0.15, 0.2) is 41.3 Å². The number of nitrogens with zero attached hydrogens (tertiary/aromatic N) is 2. The number of rotatable bonds is 3. The standard InChI is InChI=1S/C18H19BrN4.C2H6/c19-13-8-15-16(11-22-18(15)21-10-13)12-6-7-17(20-9-12)23-14-4-2-1-3-5-14;1-2/h6-11,14H,1-5H2,(H,20,23)(H,21,22);1-2H3. The fourth-order valence-electron chi connectivity index (χ4n) is 3.31. The van der Waals surface area contributed by atoms with Gasteiger partial charge in [0.25, 0.3) is 0 Å². The van der Waals surface area contributed by atoms with Crippen molar-refractivity contribution in [3.63, 3.8) is 0 Å². The van der Waals surface area contributed by atoms with E-state index in [1.54, 1.807) is 6.20 Å². The zero-order chi connectivity index (χ0) is 17.6. The monoisotopic (exact) mass is 400 g/mol. The lowest BCUT2D eigenvalue weighted by molar-refractivity contribution is 0.462. The van der Waals surface area contributed by atoms with Crippen LogP contribution in [0.25, 0.3) is 22.2 Å². The van der Waals surface area contributed by atoms with Crippen molar-refractivity contribution >= 4 is 32.8 Å². The Morgan fingerprint density at radius 2 is 1.88 bits per heavy atom. The molecule has 4 nitrogen and oxygen atoms in total. The Bertz CT molecular complexity index is 804. The van der Waals surface area contributed by atoms with Gasteiger partial charge in [-0.15, -0.1) is 0 Å². The smallest absolute Gasteiger partial charge is 0.137 e. The number of hydrogen-bond donors (Lipinski definition) is 2. The lowest BCUT2D eigenvalue weighted by atomic mass is 9.95. The van der Waals surface area contributed by atoms with Gasteiger partial charge in [-0.3, -0.25) is 0 Å². The molecule has 5 heteroatoms. The molecule has 0 aromatic carbocycles. The van der Waals surface area contributed by atoms with Crippen LogP contribution in [0.4, 0.5) is 5.82 Å². The number of anilines is 1. The van der Waals surface area contributed by atoms with Gasteiger partial charge < -0.3 is 10.3 Å². The van der Waals surface area contributed by atoms with E-state index in [9.17, 15) is 0 Å². The van der Waals surface area contributed by atoms with Crippen LogP contribution in [0.3, 0.4) is 0 Å². The molecule has 1 aliphatic carbocycles. The third-order valence-electron chi connectivity index (χ3n) is 4.53. The van der Waals surface area contributed by atoms with Crippen molar-refractivity contribution in [2.24, 2.45) is 0 Å². The number of hydrogen-bond acceptors (Lipinski definition) is 3. The van der Waals surface area contributed by atoms with E-state index < -0.39 is 0 Å². The minimum Gasteiger partial charge on any atom is -0.367 e. The summed E-state index contributed by atoms with van der Waals surface area (Å²) in [5, 5.41) is 4.67. The lowest BCUT2D eigenvalue weighted by Crippen LogP contribution is -2.22. The first-order valence-corrected chi connectivity index (χ1v) is 9.94. The van der Waals surface area contributed by atoms with Crippen molar-refractivity contribution in [3.8, 4) is 11.1 Å². The van der Waals surface area contributed by atoms with E-state index in [-0.39, 0.29) is 0 Å². The van der Waals surface area contributed by atoms with E-state index in [1.165, 1.54) is 32.1 Å². The predicted octanol–water partition coefficient (Wildman–Crippen LogP) is 6.16. The van der Waals surface area contributed by atoms with Crippen LogP contribution in [0, 0.1) is 0 Å². The van der Waals surface area contributed by atoms with Crippen LogP contribution in [0.5, 0.6) is 0 Å². The highest BCUT2D eigenvalue weighted by Crippen LogP contribution is 2.29. The zero-order valence-electron chi connectivity index (χ0n) is 14.8. The fourth-order valence-corrected chi connectivity index (χ4v) is 3.64. The minimum absolute atomic E-state index is 0.579. The molecule has 2 N–H and O–H groups in total. The third-order valence-corrected chi connectivity index (χ3v) is 4.96. The Labute approximate surface area is 157 Å². The number of H-pyrrole nitrogens is 1. The van der Waals surface area contributed by atoms with Crippen molar-refractivity contribution in [2.45, 2.75) is 52.0 Å². The normalized spacial score (nSPS) is 14.8. The van der Waals surface area contributed by atoms with E-state index in [4.69, 9.17) is 0 Å². The summed E-state index contributed by atoms with van der Waals surface area (Å²) < 4.78 is 0.981. The van der Waals surface area contributed by atoms with E-state index in [0.29, 0.717) is 6.04 Å². The first-order valence-electron chi connectivity index (χ1n) is 9.15. The van der Waals surface area contributed by atoms with Crippen molar-refractivity contribution in [1.29, 1.82) is 0 Å². The zero-order valence-corrected chi connectivity index (χ0v) is 16.4. The molecule has 132 valence electrons. The van der Waals surface area contributed by atoms with Gasteiger partial charge in [0, 0.05) is 45.6 Å². The van der Waals surface area contributed by atoms with Crippen LogP contribution < -0.4 is 5.32 Å². The van der Waals surface area contributed by atoms with E-state index in [0.717, 1.165) is 32.5 Å². The van der Waals surface area contributed by atoms with Gasteiger partial charge >= 0.3 is 0 Å². The van der Waals surface area contributed by atoms with Gasteiger partial charge in [0.2, 0.25) is 0 Å². The van der Waals surface area contributed by atoms with Crippen molar-refractivity contribution in [1.82, 2.24) is 15.0 Å². The van der Waals surface area contributed by atoms with Gasteiger partial charge in [-0.2, -0.15) is 0 Å². The molecule has 1 aliphatic rings. The van der Waals surface area contributed by atoms with Crippen molar-refractivity contribution in [2.75, 3.05) is 5.32 Å². The van der Waals surface area contributed by atoms with Gasteiger partial charge in [0.15, 0.2) is 0 Å². The Morgan fingerprint density at radius 3 is 2.60 bits per heavy atom. The van der Waals surface area contributed by atoms with Gasteiger partial charge in [-0.1, -0.05) is 33.1 Å². The summed E-state index contributed by atoms with van der Waals surface area (Å²) in [6.07, 6.45) is 12.3. The molecule has 0 saturated heterocycles. The van der Waals surface area contributed by atoms with Gasteiger partial charge in [-0.25, -0.2) is 9.97 Å². The second-order valence-corrected chi connectivity index (χ2v) is 7.08. The maximum absolute atomic E-state index is 4.60. The first kappa shape index (κ1) is 17.9. The van der Waals surface area contributed by atoms with Gasteiger partial charge in [-0.05, 0) is 47.0 Å². The average molecular weight is 401 g/mol. The number of nitrogens with one attached hydrogen (secondary N) is 2. The van der Waals surface area contributed by atoms with Crippen LogP contribution in [0.1, 0.15) is 46.0 Å². The maximum atomic E-state index is 4.60. The summed E-state index contributed by atoms with van der Waals surface area (Å²) in [4.78, 5) is 12.2. The molecule has 0 bridgehead atoms. The maximum Gasteiger partial charge on any atom is 0.137 e. The SMILES string of the molecule is Brc1cnc2[nH]cc(-c3ccc(NC4CCCCC4)nc3)c2c1.CC. The molecule has 4 rings (SSSR count). The Kier molecular flexibility index (Phi) is 6.08. The molecule has 3 heterocycles. The highest BCUT2D eigenvalue weighted by atomic mass is 79.9. The number of aromatic amines is 1. The number of halogens is 1. The average Bonchev–Trinajstić information content (AvgIpc) is 3.08. The Hall–Kier alpha value is -1.88. The van der Waals surface area contributed by atoms with E-state index in [1.807, 2.05) is 26.2 Å². The van der Waals surface area contributed by atoms with E-state index >= 15 is 0 Å². The largest absolute Gasteiger partial charge is 0.367 e. The lowest BCUT2D eigenvalue weighted by Gasteiger charge is -2.23. The molecule has 0 amide bonds. The number of aromatic nitrogens is 3. The summed E-state index contributed by atoms with van der Waals surface area (Å²) in [5.41, 5.74) is 3.13. The Balaban J connectivity index is 0.000000880. The summed E-state index contributed by atoms with van der Waals surface area (Å²) in [6.45, 7) is 4.00. The topological polar surface area (TPSA) is 53.6 Å². The van der Waals surface area contributed by atoms with Crippen LogP contribution in [-0.4, -0.2) is 21.0 Å².